The van der Waals surface area contributed by atoms with E-state index in [1.807, 2.05) is 13.0 Å². The molecular formula is C47H70O24. The van der Waals surface area contributed by atoms with Crippen LogP contribution in [0.1, 0.15) is 52.9 Å². The van der Waals surface area contributed by atoms with E-state index in [-0.39, 0.29) is 30.6 Å². The normalized spacial score (nSPS) is 55.2. The first-order valence-electron chi connectivity index (χ1n) is 24.8. The molecule has 402 valence electrons. The molecule has 10 rings (SSSR count). The predicted molar refractivity (Wildman–Crippen MR) is 230 cm³/mol. The molecule has 1 saturated carbocycles. The van der Waals surface area contributed by atoms with E-state index in [1.54, 1.807) is 6.92 Å². The third kappa shape index (κ3) is 8.45. The first kappa shape index (κ1) is 52.7. The number of carbonyl (C=O) groups excluding carboxylic acids is 1. The van der Waals surface area contributed by atoms with Crippen LogP contribution in [0.4, 0.5) is 0 Å². The summed E-state index contributed by atoms with van der Waals surface area (Å²) in [5, 5.41) is 142. The zero-order valence-electron chi connectivity index (χ0n) is 39.6. The molecule has 0 aromatic rings. The number of aliphatic hydroxyl groups excluding tert-OH is 12. The summed E-state index contributed by atoms with van der Waals surface area (Å²) in [4.78, 5) is 14.7. The lowest BCUT2D eigenvalue weighted by molar-refractivity contribution is -0.387. The van der Waals surface area contributed by atoms with Gasteiger partial charge in [-0.1, -0.05) is 31.1 Å². The number of hydrogen-bond donors (Lipinski definition) is 13. The molecule has 24 heteroatoms. The Bertz CT molecular complexity index is 2030. The van der Waals surface area contributed by atoms with Crippen LogP contribution in [0.2, 0.25) is 0 Å². The SMILES string of the molecule is C[C@H]1CO[C@@]2(O[C@H]3C(=O)C4=C(CC[C@@H]5[C@H]4CC=C4C[C@@H](O)C[C@H](O[C@H]6OC[C@H](O)[C@@H](O[C@@H]7OC[C@H](O)[C@H](O)[C@@H]7O)[C@@H]6O[C@H]6O[C@H](C)[C@@H](O)[C@@H](O[C@H]7OC[C@@](O)(CO)[C@@H]7O)[C@@H]6O)[C@]45C)[C@H]3[C@@H]2CO)[C@@H](O)[C@H]1O. The number of fused-ring (bicyclic) bond motifs is 6. The standard InChI is InChI=1S/C47H70O24/c1-16-11-65-47(39(59)29(16)53)23(10-48)28-21-6-7-22-20(27(21)32(56)36(28)71-47)5-4-18-8-19(50)9-26(45(18,22)3)67-43-38(35(25(52)13-63-43)68-41-33(57)31(55)24(51)12-62-41)70-42-34(58)37(30(54)17(2)66-42)69-44-40(60)46(61,14-49)15-64-44/h4,16-17,19-20,22-26,28-31,33-44,48-55,57-61H,5-15H2,1-3H3/t16-,17+,19+,20+,22+,23-,24-,25-,26-,28-,29-,30+,31-,33-,34-,35+,36+,37+,38-,39-,40+,41-,42+,43+,44+,45+,46-,47-/m0/s1. The van der Waals surface area contributed by atoms with Gasteiger partial charge in [0.25, 0.3) is 0 Å². The highest BCUT2D eigenvalue weighted by atomic mass is 16.8. The van der Waals surface area contributed by atoms with E-state index < -0.39 is 190 Å². The molecule has 6 saturated heterocycles. The first-order chi connectivity index (χ1) is 33.7. The van der Waals surface area contributed by atoms with E-state index >= 15 is 0 Å². The number of rotatable bonds is 10. The number of ketones is 1. The van der Waals surface area contributed by atoms with Crippen LogP contribution in [-0.2, 0) is 52.2 Å². The Hall–Kier alpha value is -1.77. The molecule has 71 heavy (non-hydrogen) atoms. The van der Waals surface area contributed by atoms with Crippen molar-refractivity contribution in [1.29, 1.82) is 0 Å². The summed E-state index contributed by atoms with van der Waals surface area (Å²) >= 11 is 0. The predicted octanol–water partition coefficient (Wildman–Crippen LogP) is -5.30. The zero-order chi connectivity index (χ0) is 50.8. The molecule has 0 radical (unpaired) electrons. The van der Waals surface area contributed by atoms with Gasteiger partial charge < -0.3 is 114 Å². The second-order valence-electron chi connectivity index (χ2n) is 21.7. The fourth-order valence-corrected chi connectivity index (χ4v) is 13.4. The quantitative estimate of drug-likeness (QED) is 0.0909. The molecule has 10 aliphatic rings. The summed E-state index contributed by atoms with van der Waals surface area (Å²) < 4.78 is 61.0. The highest BCUT2D eigenvalue weighted by molar-refractivity contribution is 6.04. The minimum Gasteiger partial charge on any atom is -0.396 e. The minimum atomic E-state index is -2.11. The zero-order valence-corrected chi connectivity index (χ0v) is 39.6. The second-order valence-corrected chi connectivity index (χ2v) is 21.7. The monoisotopic (exact) mass is 1020 g/mol. The summed E-state index contributed by atoms with van der Waals surface area (Å²) in [5.74, 6) is -4.60. The van der Waals surface area contributed by atoms with Gasteiger partial charge in [-0.15, -0.1) is 0 Å². The summed E-state index contributed by atoms with van der Waals surface area (Å²) in [5.41, 5.74) is -0.758. The van der Waals surface area contributed by atoms with Gasteiger partial charge in [-0.2, -0.15) is 0 Å². The molecule has 0 amide bonds. The molecule has 13 N–H and O–H groups in total. The van der Waals surface area contributed by atoms with E-state index in [1.165, 1.54) is 6.92 Å². The molecule has 7 fully saturated rings. The molecule has 0 bridgehead atoms. The summed E-state index contributed by atoms with van der Waals surface area (Å²) in [6, 6.07) is 0. The highest BCUT2D eigenvalue weighted by Gasteiger charge is 2.69. The van der Waals surface area contributed by atoms with E-state index in [2.05, 4.69) is 0 Å². The maximum Gasteiger partial charge on any atom is 0.203 e. The van der Waals surface area contributed by atoms with Crippen molar-refractivity contribution in [2.75, 3.05) is 39.6 Å². The molecule has 4 aliphatic carbocycles. The van der Waals surface area contributed by atoms with Crippen molar-refractivity contribution < 1.29 is 119 Å². The third-order valence-corrected chi connectivity index (χ3v) is 17.6. The van der Waals surface area contributed by atoms with Gasteiger partial charge in [0.05, 0.1) is 64.1 Å². The Kier molecular flexibility index (Phi) is 14.6. The van der Waals surface area contributed by atoms with E-state index in [0.717, 1.165) is 11.1 Å². The lowest BCUT2D eigenvalue weighted by atomic mass is 9.51. The van der Waals surface area contributed by atoms with Gasteiger partial charge in [0.15, 0.2) is 30.9 Å². The van der Waals surface area contributed by atoms with Crippen LogP contribution in [-0.4, -0.2) is 246 Å². The van der Waals surface area contributed by atoms with E-state index in [4.69, 9.17) is 47.4 Å². The molecule has 6 heterocycles. The van der Waals surface area contributed by atoms with Crippen molar-refractivity contribution in [3.05, 3.63) is 22.8 Å². The van der Waals surface area contributed by atoms with Crippen LogP contribution in [0, 0.1) is 35.0 Å². The first-order valence-corrected chi connectivity index (χ1v) is 24.8. The van der Waals surface area contributed by atoms with Gasteiger partial charge in [0.1, 0.15) is 78.8 Å². The van der Waals surface area contributed by atoms with E-state index in [9.17, 15) is 71.2 Å². The van der Waals surface area contributed by atoms with Crippen LogP contribution in [0.5, 0.6) is 0 Å². The Morgan fingerprint density at radius 1 is 0.746 bits per heavy atom. The molecule has 1 spiro atoms. The van der Waals surface area contributed by atoms with Crippen LogP contribution in [0.3, 0.4) is 0 Å². The van der Waals surface area contributed by atoms with Crippen LogP contribution >= 0.6 is 0 Å². The van der Waals surface area contributed by atoms with E-state index in [0.29, 0.717) is 31.3 Å². The number of Topliss-reactive ketones (excluding diaryl/α,β-unsaturated/α-hetero) is 1. The smallest absolute Gasteiger partial charge is 0.203 e. The van der Waals surface area contributed by atoms with Gasteiger partial charge >= 0.3 is 0 Å². The summed E-state index contributed by atoms with van der Waals surface area (Å²) in [6.45, 7) is 2.37. The minimum absolute atomic E-state index is 0.0501. The fourth-order valence-electron chi connectivity index (χ4n) is 13.4. The summed E-state index contributed by atoms with van der Waals surface area (Å²) in [7, 11) is 0. The molecular weight excluding hydrogens is 948 g/mol. The number of carbonyl (C=O) groups is 1. The highest BCUT2D eigenvalue weighted by Crippen LogP contribution is 2.64. The number of allylic oxidation sites excluding steroid dienone is 1. The van der Waals surface area contributed by atoms with Crippen molar-refractivity contribution in [3.63, 3.8) is 0 Å². The third-order valence-electron chi connectivity index (χ3n) is 17.6. The average molecular weight is 1020 g/mol. The van der Waals surface area contributed by atoms with Gasteiger partial charge in [0, 0.05) is 35.2 Å². The maximum atomic E-state index is 14.7. The van der Waals surface area contributed by atoms with Crippen molar-refractivity contribution in [2.24, 2.45) is 35.0 Å². The molecule has 0 aromatic carbocycles. The lowest BCUT2D eigenvalue weighted by Crippen LogP contribution is -2.65. The van der Waals surface area contributed by atoms with Crippen LogP contribution in [0.25, 0.3) is 0 Å². The van der Waals surface area contributed by atoms with Gasteiger partial charge in [-0.25, -0.2) is 0 Å². The molecule has 24 nitrogen and oxygen atoms in total. The summed E-state index contributed by atoms with van der Waals surface area (Å²) in [6.07, 6.45) is -26.3. The average Bonchev–Trinajstić information content (AvgIpc) is 3.94. The van der Waals surface area contributed by atoms with Crippen LogP contribution < -0.4 is 0 Å². The van der Waals surface area contributed by atoms with Gasteiger partial charge in [0.2, 0.25) is 5.79 Å². The number of aliphatic hydroxyl groups is 13. The fraction of sp³-hybridized carbons (Fsp3) is 0.894. The molecule has 0 aromatic heterocycles. The molecule has 6 aliphatic heterocycles. The largest absolute Gasteiger partial charge is 0.396 e. The van der Waals surface area contributed by atoms with Crippen molar-refractivity contribution in [1.82, 2.24) is 0 Å². The Morgan fingerprint density at radius 2 is 1.45 bits per heavy atom. The molecule has 0 unspecified atom stereocenters. The van der Waals surface area contributed by atoms with Gasteiger partial charge in [-0.3, -0.25) is 4.79 Å². The molecule has 28 atom stereocenters. The second kappa shape index (κ2) is 19.7. The van der Waals surface area contributed by atoms with Crippen molar-refractivity contribution in [3.8, 4) is 0 Å². The Balaban J connectivity index is 0.948. The Morgan fingerprint density at radius 3 is 2.17 bits per heavy atom. The number of hydrogen-bond acceptors (Lipinski definition) is 24. The Labute approximate surface area is 408 Å². The van der Waals surface area contributed by atoms with Gasteiger partial charge in [-0.05, 0) is 44.4 Å². The van der Waals surface area contributed by atoms with Crippen molar-refractivity contribution in [2.45, 2.75) is 187 Å². The topological polar surface area (TPSA) is 372 Å². The number of ether oxygens (including phenoxy) is 10. The lowest BCUT2D eigenvalue weighted by Gasteiger charge is -2.57. The maximum absolute atomic E-state index is 14.7. The van der Waals surface area contributed by atoms with Crippen molar-refractivity contribution >= 4 is 5.78 Å². The van der Waals surface area contributed by atoms with Crippen LogP contribution in [0.15, 0.2) is 22.8 Å².